The molecule has 0 aliphatic carbocycles. The summed E-state index contributed by atoms with van der Waals surface area (Å²) in [7, 11) is 4.30. The zero-order valence-electron chi connectivity index (χ0n) is 50.3. The van der Waals surface area contributed by atoms with Gasteiger partial charge in [0.25, 0.3) is 0 Å². The maximum absolute atomic E-state index is 10.6. The Morgan fingerprint density at radius 2 is 0.416 bits per heavy atom. The Morgan fingerprint density at radius 1 is 0.260 bits per heavy atom. The van der Waals surface area contributed by atoms with Crippen molar-refractivity contribution in [3.05, 3.63) is 70.8 Å². The average molecular weight is 1150 g/mol. The van der Waals surface area contributed by atoms with Crippen LogP contribution in [0.25, 0.3) is 0 Å². The smallest absolute Gasteiger partial charge is 0.200 e. The second-order valence-corrected chi connectivity index (χ2v) is 51.3. The van der Waals surface area contributed by atoms with E-state index in [1.165, 1.54) is 72.5 Å². The molecule has 0 saturated heterocycles. The maximum Gasteiger partial charge on any atom is 0.200 e. The Balaban J connectivity index is 1.64. The summed E-state index contributed by atoms with van der Waals surface area (Å²) in [5.41, 5.74) is 4.53. The van der Waals surface area contributed by atoms with Crippen molar-refractivity contribution in [1.82, 2.24) is 0 Å². The van der Waals surface area contributed by atoms with E-state index in [4.69, 9.17) is 37.9 Å². The van der Waals surface area contributed by atoms with Crippen LogP contribution < -0.4 is 37.9 Å². The minimum absolute atomic E-state index is 0.0505. The first-order chi connectivity index (χ1) is 36.3. The highest BCUT2D eigenvalue weighted by atomic mass is 28.3. The first kappa shape index (κ1) is 65.1. The first-order valence-corrected chi connectivity index (χ1v) is 44.6. The summed E-state index contributed by atoms with van der Waals surface area (Å²) in [6.45, 7) is 21.1. The van der Waals surface area contributed by atoms with Crippen molar-refractivity contribution in [3.8, 4) is 69.0 Å². The lowest BCUT2D eigenvalue weighted by Gasteiger charge is -2.41. The molecule has 0 aromatic heterocycles. The third kappa shape index (κ3) is 20.0. The second-order valence-electron chi connectivity index (χ2n) is 25.0. The van der Waals surface area contributed by atoms with Crippen molar-refractivity contribution in [2.45, 2.75) is 176 Å². The minimum atomic E-state index is -1.88. The Kier molecular flexibility index (Phi) is 25.1. The van der Waals surface area contributed by atoms with Gasteiger partial charge in [-0.25, -0.2) is 0 Å². The molecule has 0 amide bonds. The van der Waals surface area contributed by atoms with Crippen LogP contribution in [0.3, 0.4) is 0 Å². The number of rotatable bonds is 36. The van der Waals surface area contributed by atoms with E-state index in [-0.39, 0.29) is 23.0 Å². The van der Waals surface area contributed by atoms with Gasteiger partial charge in [0.05, 0.1) is 65.0 Å². The summed E-state index contributed by atoms with van der Waals surface area (Å²) in [4.78, 5) is 0. The number of phenols is 4. The number of aromatic hydroxyl groups is 4. The van der Waals surface area contributed by atoms with E-state index in [0.29, 0.717) is 46.0 Å². The molecule has 17 heteroatoms. The van der Waals surface area contributed by atoms with Crippen LogP contribution in [0.15, 0.2) is 48.5 Å². The number of phenolic OH excluding ortho intramolecular Hbond substituents is 4. The molecule has 4 N–H and O–H groups in total. The SMILES string of the molecule is COc1cc(CCC[Si](C)(C)CC[Si](CC[Si](C)(C)CCCc2cc(OC)c(O)c(OC)c2)(CC[Si](C)(C)CCCc2cc(OC)c(O)c(OC)c2)CC[Si](C)(C)CCCc2cc(OC)c(O)c(OC)c2)cc(OC)c1O. The Bertz CT molecular complexity index is 2040. The average Bonchev–Trinajstić information content (AvgIpc) is 3.39. The van der Waals surface area contributed by atoms with Gasteiger partial charge >= 0.3 is 0 Å². The van der Waals surface area contributed by atoms with Crippen molar-refractivity contribution >= 4 is 40.4 Å². The van der Waals surface area contributed by atoms with Gasteiger partial charge in [-0.1, -0.05) is 151 Å². The molecular weight excluding hydrogens is 1050 g/mol. The summed E-state index contributed by atoms with van der Waals surface area (Å²) >= 11 is 0. The molecule has 0 aliphatic heterocycles. The quantitative estimate of drug-likeness (QED) is 0.0321. The summed E-state index contributed by atoms with van der Waals surface area (Å²) in [6, 6.07) is 31.7. The zero-order valence-corrected chi connectivity index (χ0v) is 55.3. The van der Waals surface area contributed by atoms with Gasteiger partial charge in [0.1, 0.15) is 0 Å². The van der Waals surface area contributed by atoms with Crippen LogP contribution in [-0.2, 0) is 25.7 Å². The van der Waals surface area contributed by atoms with Gasteiger partial charge in [0, 0.05) is 32.3 Å². The zero-order chi connectivity index (χ0) is 57.2. The molecule has 0 heterocycles. The lowest BCUT2D eigenvalue weighted by Crippen LogP contribution is -2.43. The molecule has 0 unspecified atom stereocenters. The molecule has 0 radical (unpaired) electrons. The molecule has 77 heavy (non-hydrogen) atoms. The second kappa shape index (κ2) is 29.7. The van der Waals surface area contributed by atoms with Crippen LogP contribution in [0.1, 0.15) is 47.9 Å². The molecule has 0 saturated carbocycles. The van der Waals surface area contributed by atoms with Crippen molar-refractivity contribution in [2.75, 3.05) is 56.9 Å². The highest BCUT2D eigenvalue weighted by Crippen LogP contribution is 2.45. The number of ether oxygens (including phenoxy) is 8. The number of hydrogen-bond donors (Lipinski definition) is 4. The molecule has 0 spiro atoms. The lowest BCUT2D eigenvalue weighted by atomic mass is 10.1. The van der Waals surface area contributed by atoms with E-state index in [1.807, 2.05) is 48.5 Å². The largest absolute Gasteiger partial charge is 0.502 e. The van der Waals surface area contributed by atoms with Crippen LogP contribution in [0, 0.1) is 0 Å². The highest BCUT2D eigenvalue weighted by molar-refractivity contribution is 6.89. The lowest BCUT2D eigenvalue weighted by molar-refractivity contribution is 0.339. The molecule has 12 nitrogen and oxygen atoms in total. The Morgan fingerprint density at radius 3 is 0.558 bits per heavy atom. The predicted octanol–water partition coefficient (Wildman–Crippen LogP) is 15.7. The molecular formula is C60H100O12Si5. The number of aryl methyl sites for hydroxylation is 4. The van der Waals surface area contributed by atoms with Crippen LogP contribution in [0.5, 0.6) is 69.0 Å². The van der Waals surface area contributed by atoms with Crippen molar-refractivity contribution in [3.63, 3.8) is 0 Å². The van der Waals surface area contributed by atoms with Gasteiger partial charge in [0.15, 0.2) is 46.0 Å². The summed E-state index contributed by atoms with van der Waals surface area (Å²) in [5, 5.41) is 42.5. The third-order valence-corrected chi connectivity index (χ3v) is 37.2. The van der Waals surface area contributed by atoms with Gasteiger partial charge in [-0.05, 0) is 96.5 Å². The standard InChI is InChI=1S/C60H100O12Si5/c1-65-49-37-45(38-50(66-2)57(49)61)21-17-25-73(9,10)29-33-77(34-30-74(11,12)26-18-22-46-39-51(67-3)58(62)52(40-46)68-4,35-31-75(13,14)27-19-23-47-41-53(69-5)59(63)54(42-47)70-6)36-32-76(15,16)28-20-24-48-43-55(71-7)60(64)56(44-48)72-8/h37-44,61-64H,17-36H2,1-16H3. The topological polar surface area (TPSA) is 155 Å². The van der Waals surface area contributed by atoms with Crippen molar-refractivity contribution in [2.24, 2.45) is 0 Å². The van der Waals surface area contributed by atoms with Gasteiger partial charge < -0.3 is 58.3 Å². The van der Waals surface area contributed by atoms with E-state index in [0.717, 1.165) is 73.6 Å². The van der Waals surface area contributed by atoms with Crippen LogP contribution >= 0.6 is 0 Å². The maximum atomic E-state index is 10.6. The fourth-order valence-corrected chi connectivity index (χ4v) is 37.5. The fraction of sp³-hybridized carbons (Fsp3) is 0.600. The van der Waals surface area contributed by atoms with Gasteiger partial charge in [-0.2, -0.15) is 0 Å². The normalized spacial score (nSPS) is 12.4. The molecule has 0 fully saturated rings. The third-order valence-electron chi connectivity index (χ3n) is 16.8. The molecule has 0 aliphatic rings. The molecule has 0 atom stereocenters. The van der Waals surface area contributed by atoms with Gasteiger partial charge in [-0.15, -0.1) is 0 Å². The Labute approximate surface area is 469 Å². The summed E-state index contributed by atoms with van der Waals surface area (Å²) in [5.74, 6) is 3.86. The first-order valence-electron chi connectivity index (χ1n) is 28.1. The van der Waals surface area contributed by atoms with E-state index in [2.05, 4.69) is 52.4 Å². The van der Waals surface area contributed by atoms with Crippen LogP contribution in [0.2, 0.25) is 125 Å². The summed E-state index contributed by atoms with van der Waals surface area (Å²) in [6.07, 6.45) is 8.07. The van der Waals surface area contributed by atoms with Gasteiger partial charge in [-0.3, -0.25) is 0 Å². The Hall–Kier alpha value is -4.44. The molecule has 4 aromatic rings. The minimum Gasteiger partial charge on any atom is -0.502 e. The predicted molar refractivity (Wildman–Crippen MR) is 331 cm³/mol. The molecule has 0 bridgehead atoms. The van der Waals surface area contributed by atoms with E-state index in [1.54, 1.807) is 56.9 Å². The molecule has 4 rings (SSSR count). The van der Waals surface area contributed by atoms with Gasteiger partial charge in [0.2, 0.25) is 23.0 Å². The fourth-order valence-electron chi connectivity index (χ4n) is 11.1. The highest BCUT2D eigenvalue weighted by Gasteiger charge is 2.40. The van der Waals surface area contributed by atoms with Crippen molar-refractivity contribution < 1.29 is 58.3 Å². The number of hydrogen-bond acceptors (Lipinski definition) is 12. The van der Waals surface area contributed by atoms with E-state index < -0.39 is 40.4 Å². The number of methoxy groups -OCH3 is 8. The molecule has 4 aromatic carbocycles. The number of benzene rings is 4. The van der Waals surface area contributed by atoms with Crippen molar-refractivity contribution in [1.29, 1.82) is 0 Å². The van der Waals surface area contributed by atoms with E-state index >= 15 is 0 Å². The van der Waals surface area contributed by atoms with Crippen LogP contribution in [0.4, 0.5) is 0 Å². The van der Waals surface area contributed by atoms with E-state index in [9.17, 15) is 20.4 Å². The molecule has 432 valence electrons. The summed E-state index contributed by atoms with van der Waals surface area (Å²) < 4.78 is 44.2. The van der Waals surface area contributed by atoms with Crippen LogP contribution in [-0.4, -0.2) is 118 Å². The monoisotopic (exact) mass is 1150 g/mol.